The summed E-state index contributed by atoms with van der Waals surface area (Å²) in [6, 6.07) is 6.10. The maximum atomic E-state index is 12.9. The highest BCUT2D eigenvalue weighted by atomic mass is 32.2. The van der Waals surface area contributed by atoms with Gasteiger partial charge in [-0.05, 0) is 31.5 Å². The van der Waals surface area contributed by atoms with Gasteiger partial charge in [-0.1, -0.05) is 23.9 Å². The number of hydrogen-bond donors (Lipinski definition) is 1. The van der Waals surface area contributed by atoms with Crippen molar-refractivity contribution >= 4 is 23.6 Å². The van der Waals surface area contributed by atoms with Crippen LogP contribution >= 0.6 is 11.8 Å². The molecule has 0 saturated carbocycles. The third-order valence-corrected chi connectivity index (χ3v) is 5.42. The van der Waals surface area contributed by atoms with Crippen LogP contribution < -0.4 is 10.2 Å². The zero-order valence-corrected chi connectivity index (χ0v) is 16.3. The van der Waals surface area contributed by atoms with Crippen molar-refractivity contribution in [2.75, 3.05) is 31.2 Å². The highest BCUT2D eigenvalue weighted by Gasteiger charge is 2.23. The number of carbonyl (C=O) groups excluding carboxylic acids is 1. The van der Waals surface area contributed by atoms with Crippen LogP contribution in [0.4, 0.5) is 10.3 Å². The van der Waals surface area contributed by atoms with Crippen LogP contribution in [0.2, 0.25) is 0 Å². The molecule has 1 aromatic carbocycles. The molecule has 0 unspecified atom stereocenters. The van der Waals surface area contributed by atoms with Gasteiger partial charge in [0.2, 0.25) is 11.9 Å². The Morgan fingerprint density at radius 1 is 1.30 bits per heavy atom. The molecule has 1 saturated heterocycles. The van der Waals surface area contributed by atoms with E-state index in [1.807, 2.05) is 18.4 Å². The topological polar surface area (TPSA) is 72.3 Å². The van der Waals surface area contributed by atoms with Crippen molar-refractivity contribution in [1.29, 1.82) is 0 Å². The minimum Gasteiger partial charge on any atom is -0.378 e. The van der Waals surface area contributed by atoms with E-state index >= 15 is 0 Å². The van der Waals surface area contributed by atoms with Crippen molar-refractivity contribution in [1.82, 2.24) is 20.1 Å². The molecule has 3 rings (SSSR count). The molecule has 0 radical (unpaired) electrons. The Bertz CT molecular complexity index is 762. The van der Waals surface area contributed by atoms with E-state index in [4.69, 9.17) is 4.74 Å². The van der Waals surface area contributed by atoms with Crippen molar-refractivity contribution in [3.8, 4) is 0 Å². The first kappa shape index (κ1) is 19.6. The second-order valence-electron chi connectivity index (χ2n) is 6.23. The van der Waals surface area contributed by atoms with Gasteiger partial charge in [-0.25, -0.2) is 4.39 Å². The molecule has 1 amide bonds. The minimum absolute atomic E-state index is 0.0945. The second kappa shape index (κ2) is 9.18. The number of benzene rings is 1. The van der Waals surface area contributed by atoms with Crippen molar-refractivity contribution < 1.29 is 13.9 Å². The summed E-state index contributed by atoms with van der Waals surface area (Å²) in [4.78, 5) is 14.6. The predicted molar refractivity (Wildman–Crippen MR) is 102 cm³/mol. The molecule has 1 aromatic heterocycles. The zero-order chi connectivity index (χ0) is 19.2. The number of anilines is 1. The number of thioether (sulfide) groups is 1. The molecule has 1 aliphatic heterocycles. The van der Waals surface area contributed by atoms with Gasteiger partial charge in [0.05, 0.1) is 18.5 Å². The molecule has 146 valence electrons. The van der Waals surface area contributed by atoms with Crippen LogP contribution in [0.3, 0.4) is 0 Å². The summed E-state index contributed by atoms with van der Waals surface area (Å²) in [6.07, 6.45) is 0. The van der Waals surface area contributed by atoms with Crippen LogP contribution in [0, 0.1) is 5.82 Å². The van der Waals surface area contributed by atoms with Crippen LogP contribution in [-0.4, -0.2) is 52.2 Å². The lowest BCUT2D eigenvalue weighted by atomic mass is 10.2. The molecular weight excluding hydrogens is 369 g/mol. The number of morpholine rings is 1. The Morgan fingerprint density at radius 2 is 2.00 bits per heavy atom. The fraction of sp³-hybridized carbons (Fsp3) is 0.500. The number of nitrogens with one attached hydrogen (secondary N) is 1. The lowest BCUT2D eigenvalue weighted by Crippen LogP contribution is -2.38. The van der Waals surface area contributed by atoms with Gasteiger partial charge in [0.25, 0.3) is 0 Å². The van der Waals surface area contributed by atoms with E-state index in [9.17, 15) is 9.18 Å². The molecule has 1 fully saturated rings. The summed E-state index contributed by atoms with van der Waals surface area (Å²) < 4.78 is 20.4. The van der Waals surface area contributed by atoms with Crippen LogP contribution in [0.25, 0.3) is 0 Å². The van der Waals surface area contributed by atoms with E-state index in [1.165, 1.54) is 23.9 Å². The van der Waals surface area contributed by atoms with Crippen molar-refractivity contribution in [3.63, 3.8) is 0 Å². The van der Waals surface area contributed by atoms with Gasteiger partial charge in [0.15, 0.2) is 5.16 Å². The van der Waals surface area contributed by atoms with E-state index in [-0.39, 0.29) is 17.0 Å². The molecule has 27 heavy (non-hydrogen) atoms. The summed E-state index contributed by atoms with van der Waals surface area (Å²) >= 11 is 1.38. The number of hydrogen-bond acceptors (Lipinski definition) is 6. The van der Waals surface area contributed by atoms with Crippen LogP contribution in [0.5, 0.6) is 0 Å². The SMILES string of the molecule is CCn1c(S[C@@H](C)C(=O)NCc2ccc(F)cc2)nnc1N1CCOCC1. The Kier molecular flexibility index (Phi) is 6.68. The van der Waals surface area contributed by atoms with Crippen LogP contribution in [-0.2, 0) is 22.6 Å². The summed E-state index contributed by atoms with van der Waals surface area (Å²) in [7, 11) is 0. The fourth-order valence-electron chi connectivity index (χ4n) is 2.79. The Labute approximate surface area is 162 Å². The third-order valence-electron chi connectivity index (χ3n) is 4.34. The molecule has 1 atom stereocenters. The Morgan fingerprint density at radius 3 is 2.67 bits per heavy atom. The average Bonchev–Trinajstić information content (AvgIpc) is 3.10. The number of ether oxygens (including phenoxy) is 1. The van der Waals surface area contributed by atoms with E-state index < -0.39 is 0 Å². The van der Waals surface area contributed by atoms with Gasteiger partial charge < -0.3 is 15.0 Å². The lowest BCUT2D eigenvalue weighted by Gasteiger charge is -2.27. The highest BCUT2D eigenvalue weighted by molar-refractivity contribution is 8.00. The first-order chi connectivity index (χ1) is 13.1. The van der Waals surface area contributed by atoms with Crippen molar-refractivity contribution in [3.05, 3.63) is 35.6 Å². The molecule has 0 aliphatic carbocycles. The number of amides is 1. The Balaban J connectivity index is 1.59. The lowest BCUT2D eigenvalue weighted by molar-refractivity contribution is -0.120. The number of nitrogens with zero attached hydrogens (tertiary/aromatic N) is 4. The molecular formula is C18H24FN5O2S. The number of carbonyl (C=O) groups is 1. The molecule has 0 bridgehead atoms. The van der Waals surface area contributed by atoms with Gasteiger partial charge in [0.1, 0.15) is 5.82 Å². The van der Waals surface area contributed by atoms with Gasteiger partial charge in [-0.2, -0.15) is 0 Å². The summed E-state index contributed by atoms with van der Waals surface area (Å²) in [6.45, 7) is 7.91. The standard InChI is InChI=1S/C18H24FN5O2S/c1-3-24-17(23-8-10-26-11-9-23)21-22-18(24)27-13(2)16(25)20-12-14-4-6-15(19)7-5-14/h4-7,13H,3,8-12H2,1-2H3,(H,20,25)/t13-/m0/s1. The third kappa shape index (κ3) is 4.98. The van der Waals surface area contributed by atoms with E-state index in [2.05, 4.69) is 20.4 Å². The largest absolute Gasteiger partial charge is 0.378 e. The van der Waals surface area contributed by atoms with Gasteiger partial charge >= 0.3 is 0 Å². The molecule has 7 nitrogen and oxygen atoms in total. The molecule has 2 heterocycles. The smallest absolute Gasteiger partial charge is 0.233 e. The first-order valence-corrected chi connectivity index (χ1v) is 9.91. The summed E-state index contributed by atoms with van der Waals surface area (Å²) in [5.41, 5.74) is 0.855. The molecule has 1 aliphatic rings. The highest BCUT2D eigenvalue weighted by Crippen LogP contribution is 2.26. The fourth-order valence-corrected chi connectivity index (χ4v) is 3.72. The maximum absolute atomic E-state index is 12.9. The molecule has 0 spiro atoms. The average molecular weight is 393 g/mol. The number of aromatic nitrogens is 3. The Hall–Kier alpha value is -2.13. The van der Waals surface area contributed by atoms with E-state index in [0.717, 1.165) is 36.3 Å². The monoisotopic (exact) mass is 393 g/mol. The molecule has 9 heteroatoms. The second-order valence-corrected chi connectivity index (χ2v) is 7.54. The van der Waals surface area contributed by atoms with E-state index in [0.29, 0.717) is 19.8 Å². The zero-order valence-electron chi connectivity index (χ0n) is 15.5. The van der Waals surface area contributed by atoms with Gasteiger partial charge in [-0.15, -0.1) is 10.2 Å². The van der Waals surface area contributed by atoms with E-state index in [1.54, 1.807) is 12.1 Å². The first-order valence-electron chi connectivity index (χ1n) is 9.03. The van der Waals surface area contributed by atoms with Crippen molar-refractivity contribution in [2.45, 2.75) is 37.3 Å². The maximum Gasteiger partial charge on any atom is 0.233 e. The molecule has 2 aromatic rings. The minimum atomic E-state index is -0.322. The molecule has 1 N–H and O–H groups in total. The van der Waals surface area contributed by atoms with Gasteiger partial charge in [0, 0.05) is 26.2 Å². The normalized spacial score (nSPS) is 15.6. The predicted octanol–water partition coefficient (Wildman–Crippen LogP) is 2.07. The van der Waals surface area contributed by atoms with Crippen LogP contribution in [0.1, 0.15) is 19.4 Å². The number of halogens is 1. The van der Waals surface area contributed by atoms with Crippen LogP contribution in [0.15, 0.2) is 29.4 Å². The summed E-state index contributed by atoms with van der Waals surface area (Å²) in [5.74, 6) is 0.439. The quantitative estimate of drug-likeness (QED) is 0.726. The number of rotatable bonds is 7. The van der Waals surface area contributed by atoms with Crippen molar-refractivity contribution in [2.24, 2.45) is 0 Å². The van der Waals surface area contributed by atoms with Gasteiger partial charge in [-0.3, -0.25) is 9.36 Å². The summed E-state index contributed by atoms with van der Waals surface area (Å²) in [5, 5.41) is 11.9.